The van der Waals surface area contributed by atoms with Gasteiger partial charge in [0.15, 0.2) is 6.10 Å². The molecule has 0 fully saturated rings. The Morgan fingerprint density at radius 3 is 0.778 bits per heavy atom. The molecule has 0 aromatic heterocycles. The first-order chi connectivity index (χ1) is 30.9. The van der Waals surface area contributed by atoms with Crippen LogP contribution >= 0.6 is 0 Å². The van der Waals surface area contributed by atoms with Crippen molar-refractivity contribution < 1.29 is 28.6 Å². The minimum absolute atomic E-state index is 0.0620. The lowest BCUT2D eigenvalue weighted by atomic mass is 10.0. The monoisotopic (exact) mass is 891 g/mol. The molecule has 0 radical (unpaired) electrons. The van der Waals surface area contributed by atoms with Crippen molar-refractivity contribution >= 4 is 17.9 Å². The van der Waals surface area contributed by atoms with Gasteiger partial charge in [-0.05, 0) is 25.2 Å². The van der Waals surface area contributed by atoms with Crippen LogP contribution in [0.5, 0.6) is 0 Å². The molecule has 6 nitrogen and oxygen atoms in total. The van der Waals surface area contributed by atoms with E-state index in [4.69, 9.17) is 14.2 Å². The number of carbonyl (C=O) groups excluding carboxylic acids is 3. The van der Waals surface area contributed by atoms with E-state index in [-0.39, 0.29) is 31.1 Å². The van der Waals surface area contributed by atoms with E-state index in [1.807, 2.05) is 0 Å². The van der Waals surface area contributed by atoms with Gasteiger partial charge in [-0.2, -0.15) is 0 Å². The van der Waals surface area contributed by atoms with Gasteiger partial charge < -0.3 is 14.2 Å². The maximum absolute atomic E-state index is 12.8. The van der Waals surface area contributed by atoms with Crippen molar-refractivity contribution in [2.24, 2.45) is 5.92 Å². The first kappa shape index (κ1) is 61.4. The first-order valence-corrected chi connectivity index (χ1v) is 28.4. The molecular formula is C57H110O6. The van der Waals surface area contributed by atoms with Crippen molar-refractivity contribution in [3.63, 3.8) is 0 Å². The standard InChI is InChI=1S/C57H110O6/c1-5-7-9-11-13-15-17-19-20-21-26-30-34-38-42-46-50-57(60)63-54(51-61-55(58)48-44-40-36-32-28-18-16-14-12-10-8-6-2)52-62-56(59)49-45-41-37-33-29-25-23-22-24-27-31-35-39-43-47-53(3)4/h53-54H,5-52H2,1-4H3/t54-/m0/s1. The second kappa shape index (κ2) is 51.4. The summed E-state index contributed by atoms with van der Waals surface area (Å²) < 4.78 is 16.9. The van der Waals surface area contributed by atoms with Crippen LogP contribution in [-0.2, 0) is 28.6 Å². The zero-order valence-corrected chi connectivity index (χ0v) is 43.0. The highest BCUT2D eigenvalue weighted by Crippen LogP contribution is 2.18. The summed E-state index contributed by atoms with van der Waals surface area (Å²) in [4.78, 5) is 38.1. The number of hydrogen-bond donors (Lipinski definition) is 0. The average Bonchev–Trinajstić information content (AvgIpc) is 3.27. The molecule has 0 aliphatic carbocycles. The van der Waals surface area contributed by atoms with Gasteiger partial charge >= 0.3 is 17.9 Å². The molecule has 1 atom stereocenters. The second-order valence-corrected chi connectivity index (χ2v) is 20.1. The number of ether oxygens (including phenoxy) is 3. The van der Waals surface area contributed by atoms with Crippen molar-refractivity contribution in [2.45, 2.75) is 329 Å². The molecule has 0 N–H and O–H groups in total. The van der Waals surface area contributed by atoms with Crippen LogP contribution in [0.25, 0.3) is 0 Å². The van der Waals surface area contributed by atoms with Gasteiger partial charge in [-0.3, -0.25) is 14.4 Å². The first-order valence-electron chi connectivity index (χ1n) is 28.4. The fourth-order valence-corrected chi connectivity index (χ4v) is 8.75. The summed E-state index contributed by atoms with van der Waals surface area (Å²) in [5, 5.41) is 0. The Kier molecular flexibility index (Phi) is 50.1. The summed E-state index contributed by atoms with van der Waals surface area (Å²) in [6.45, 7) is 9.06. The third-order valence-electron chi connectivity index (χ3n) is 13.0. The summed E-state index contributed by atoms with van der Waals surface area (Å²) >= 11 is 0. The van der Waals surface area contributed by atoms with Gasteiger partial charge in [-0.25, -0.2) is 0 Å². The smallest absolute Gasteiger partial charge is 0.306 e. The molecule has 0 spiro atoms. The lowest BCUT2D eigenvalue weighted by Gasteiger charge is -2.18. The van der Waals surface area contributed by atoms with Crippen molar-refractivity contribution in [2.75, 3.05) is 13.2 Å². The molecule has 0 saturated heterocycles. The highest BCUT2D eigenvalue weighted by atomic mass is 16.6. The highest BCUT2D eigenvalue weighted by Gasteiger charge is 2.19. The van der Waals surface area contributed by atoms with Gasteiger partial charge in [-0.15, -0.1) is 0 Å². The quantitative estimate of drug-likeness (QED) is 0.0344. The van der Waals surface area contributed by atoms with Crippen molar-refractivity contribution in [3.8, 4) is 0 Å². The van der Waals surface area contributed by atoms with Gasteiger partial charge in [0.25, 0.3) is 0 Å². The lowest BCUT2D eigenvalue weighted by Crippen LogP contribution is -2.30. The number of rotatable bonds is 52. The van der Waals surface area contributed by atoms with Crippen molar-refractivity contribution in [1.29, 1.82) is 0 Å². The van der Waals surface area contributed by atoms with Crippen molar-refractivity contribution in [3.05, 3.63) is 0 Å². The average molecular weight is 892 g/mol. The molecular weight excluding hydrogens is 781 g/mol. The van der Waals surface area contributed by atoms with Gasteiger partial charge in [0.2, 0.25) is 0 Å². The van der Waals surface area contributed by atoms with Gasteiger partial charge in [0.05, 0.1) is 0 Å². The summed E-state index contributed by atoms with van der Waals surface area (Å²) in [5.74, 6) is 0.00820. The second-order valence-electron chi connectivity index (χ2n) is 20.1. The Morgan fingerprint density at radius 2 is 0.524 bits per heavy atom. The Morgan fingerprint density at radius 1 is 0.302 bits per heavy atom. The minimum atomic E-state index is -0.761. The molecule has 0 saturated carbocycles. The number of hydrogen-bond acceptors (Lipinski definition) is 6. The van der Waals surface area contributed by atoms with Crippen LogP contribution in [-0.4, -0.2) is 37.2 Å². The normalized spacial score (nSPS) is 12.0. The maximum atomic E-state index is 12.8. The lowest BCUT2D eigenvalue weighted by molar-refractivity contribution is -0.167. The molecule has 0 amide bonds. The van der Waals surface area contributed by atoms with E-state index in [0.717, 1.165) is 63.7 Å². The Hall–Kier alpha value is -1.59. The van der Waals surface area contributed by atoms with Gasteiger partial charge in [0, 0.05) is 19.3 Å². The van der Waals surface area contributed by atoms with Crippen molar-refractivity contribution in [1.82, 2.24) is 0 Å². The molecule has 0 aliphatic heterocycles. The van der Waals surface area contributed by atoms with E-state index in [1.54, 1.807) is 0 Å². The molecule has 374 valence electrons. The summed E-state index contributed by atoms with van der Waals surface area (Å²) in [6.07, 6.45) is 55.2. The third-order valence-corrected chi connectivity index (χ3v) is 13.0. The molecule has 0 bridgehead atoms. The summed E-state index contributed by atoms with van der Waals surface area (Å²) in [7, 11) is 0. The molecule has 0 rings (SSSR count). The maximum Gasteiger partial charge on any atom is 0.306 e. The fraction of sp³-hybridized carbons (Fsp3) is 0.947. The van der Waals surface area contributed by atoms with E-state index in [2.05, 4.69) is 27.7 Å². The van der Waals surface area contributed by atoms with Crippen LogP contribution in [0.1, 0.15) is 323 Å². The Bertz CT molecular complexity index is 949. The van der Waals surface area contributed by atoms with Crippen LogP contribution in [0.2, 0.25) is 0 Å². The minimum Gasteiger partial charge on any atom is -0.462 e. The Balaban J connectivity index is 4.28. The Labute approximate surface area is 393 Å². The molecule has 0 aromatic carbocycles. The van der Waals surface area contributed by atoms with Crippen LogP contribution in [0.3, 0.4) is 0 Å². The predicted molar refractivity (Wildman–Crippen MR) is 270 cm³/mol. The van der Waals surface area contributed by atoms with Gasteiger partial charge in [-0.1, -0.05) is 285 Å². The molecule has 0 heterocycles. The zero-order chi connectivity index (χ0) is 45.9. The van der Waals surface area contributed by atoms with Crippen LogP contribution in [0, 0.1) is 5.92 Å². The molecule has 0 aliphatic rings. The predicted octanol–water partition coefficient (Wildman–Crippen LogP) is 18.6. The fourth-order valence-electron chi connectivity index (χ4n) is 8.75. The van der Waals surface area contributed by atoms with Gasteiger partial charge in [0.1, 0.15) is 13.2 Å². The molecule has 0 aromatic rings. The largest absolute Gasteiger partial charge is 0.462 e. The van der Waals surface area contributed by atoms with E-state index >= 15 is 0 Å². The summed E-state index contributed by atoms with van der Waals surface area (Å²) in [6, 6.07) is 0. The van der Waals surface area contributed by atoms with E-state index in [1.165, 1.54) is 218 Å². The van der Waals surface area contributed by atoms with Crippen LogP contribution < -0.4 is 0 Å². The van der Waals surface area contributed by atoms with Crippen LogP contribution in [0.15, 0.2) is 0 Å². The van der Waals surface area contributed by atoms with Crippen LogP contribution in [0.4, 0.5) is 0 Å². The van der Waals surface area contributed by atoms with E-state index in [9.17, 15) is 14.4 Å². The van der Waals surface area contributed by atoms with E-state index < -0.39 is 6.10 Å². The number of esters is 3. The molecule has 63 heavy (non-hydrogen) atoms. The molecule has 0 unspecified atom stereocenters. The zero-order valence-electron chi connectivity index (χ0n) is 43.0. The number of carbonyl (C=O) groups is 3. The third kappa shape index (κ3) is 51.3. The molecule has 6 heteroatoms. The summed E-state index contributed by atoms with van der Waals surface area (Å²) in [5.41, 5.74) is 0. The number of unbranched alkanes of at least 4 members (excludes halogenated alkanes) is 39. The highest BCUT2D eigenvalue weighted by molar-refractivity contribution is 5.71. The SMILES string of the molecule is CCCCCCCCCCCCCCCCCCC(=O)O[C@@H](COC(=O)CCCCCCCCCCCCCC)COC(=O)CCCCCCCCCCCCCCCCC(C)C. The topological polar surface area (TPSA) is 78.9 Å². The van der Waals surface area contributed by atoms with E-state index in [0.29, 0.717) is 19.3 Å².